The molecular formula is C15H32N2O4S. The summed E-state index contributed by atoms with van der Waals surface area (Å²) in [7, 11) is 0. The molecule has 3 N–H and O–H groups in total. The van der Waals surface area contributed by atoms with Gasteiger partial charge in [0.15, 0.2) is 0 Å². The number of nitrogens with two attached hydrogens (primary N) is 1. The van der Waals surface area contributed by atoms with Crippen LogP contribution in [0.3, 0.4) is 0 Å². The van der Waals surface area contributed by atoms with Crippen molar-refractivity contribution in [2.24, 2.45) is 5.73 Å². The molecule has 0 fully saturated rings. The third-order valence-electron chi connectivity index (χ3n) is 3.01. The summed E-state index contributed by atoms with van der Waals surface area (Å²) in [6, 6.07) is 0.00957. The molecule has 4 atom stereocenters. The number of thiol groups is 1. The number of carbonyl (C=O) groups excluding carboxylic acids is 1. The van der Waals surface area contributed by atoms with Crippen molar-refractivity contribution < 1.29 is 19.0 Å². The summed E-state index contributed by atoms with van der Waals surface area (Å²) in [6.45, 7) is 9.70. The standard InChI is InChI=1S/C15H32N2O4S/c1-11(16)9-21-14(4)13(3)20-7-6-19-10-12(2)17-15(18)5-8-22/h11-14,22H,5-10,16H2,1-4H3,(H,17,18). The van der Waals surface area contributed by atoms with Gasteiger partial charge in [0.1, 0.15) is 0 Å². The molecule has 0 heterocycles. The van der Waals surface area contributed by atoms with E-state index >= 15 is 0 Å². The zero-order chi connectivity index (χ0) is 17.0. The average Bonchev–Trinajstić information content (AvgIpc) is 2.44. The Morgan fingerprint density at radius 3 is 2.32 bits per heavy atom. The summed E-state index contributed by atoms with van der Waals surface area (Å²) in [6.07, 6.45) is 0.396. The number of rotatable bonds is 13. The quantitative estimate of drug-likeness (QED) is 0.345. The van der Waals surface area contributed by atoms with Crippen LogP contribution < -0.4 is 11.1 Å². The third-order valence-corrected chi connectivity index (χ3v) is 3.23. The van der Waals surface area contributed by atoms with E-state index in [0.29, 0.717) is 38.6 Å². The van der Waals surface area contributed by atoms with Crippen molar-refractivity contribution >= 4 is 18.5 Å². The van der Waals surface area contributed by atoms with Crippen LogP contribution in [0.25, 0.3) is 0 Å². The van der Waals surface area contributed by atoms with E-state index in [1.165, 1.54) is 0 Å². The smallest absolute Gasteiger partial charge is 0.221 e. The first kappa shape index (κ1) is 21.7. The molecular weight excluding hydrogens is 304 g/mol. The van der Waals surface area contributed by atoms with Gasteiger partial charge in [-0.2, -0.15) is 12.6 Å². The van der Waals surface area contributed by atoms with E-state index in [4.69, 9.17) is 19.9 Å². The fourth-order valence-corrected chi connectivity index (χ4v) is 1.82. The maximum Gasteiger partial charge on any atom is 0.221 e. The first-order valence-electron chi connectivity index (χ1n) is 7.83. The molecule has 0 aromatic rings. The van der Waals surface area contributed by atoms with Crippen LogP contribution in [0.15, 0.2) is 0 Å². The molecule has 0 bridgehead atoms. The van der Waals surface area contributed by atoms with Gasteiger partial charge in [-0.15, -0.1) is 0 Å². The molecule has 1 amide bonds. The van der Waals surface area contributed by atoms with Crippen LogP contribution >= 0.6 is 12.6 Å². The molecule has 0 aliphatic heterocycles. The topological polar surface area (TPSA) is 82.8 Å². The molecule has 132 valence electrons. The summed E-state index contributed by atoms with van der Waals surface area (Å²) in [5.74, 6) is 0.546. The summed E-state index contributed by atoms with van der Waals surface area (Å²) in [5, 5.41) is 2.84. The Bertz CT molecular complexity index is 293. The van der Waals surface area contributed by atoms with Gasteiger partial charge in [0.2, 0.25) is 5.91 Å². The molecule has 0 aromatic heterocycles. The van der Waals surface area contributed by atoms with Crippen molar-refractivity contribution in [3.05, 3.63) is 0 Å². The minimum Gasteiger partial charge on any atom is -0.377 e. The SMILES string of the molecule is CC(N)COC(C)C(C)OCCOCC(C)NC(=O)CCS. The predicted molar refractivity (Wildman–Crippen MR) is 91.4 cm³/mol. The molecule has 0 aliphatic rings. The number of nitrogens with one attached hydrogen (secondary N) is 1. The lowest BCUT2D eigenvalue weighted by atomic mass is 10.2. The second-order valence-electron chi connectivity index (χ2n) is 5.61. The van der Waals surface area contributed by atoms with Gasteiger partial charge in [-0.1, -0.05) is 0 Å². The molecule has 0 aromatic carbocycles. The van der Waals surface area contributed by atoms with Gasteiger partial charge in [-0.3, -0.25) is 4.79 Å². The Labute approximate surface area is 139 Å². The Morgan fingerprint density at radius 2 is 1.73 bits per heavy atom. The van der Waals surface area contributed by atoms with Gasteiger partial charge in [-0.05, 0) is 33.4 Å². The van der Waals surface area contributed by atoms with Crippen molar-refractivity contribution in [1.82, 2.24) is 5.32 Å². The number of carbonyl (C=O) groups is 1. The monoisotopic (exact) mass is 336 g/mol. The zero-order valence-corrected chi connectivity index (χ0v) is 15.1. The van der Waals surface area contributed by atoms with E-state index in [9.17, 15) is 4.79 Å². The zero-order valence-electron chi connectivity index (χ0n) is 14.2. The molecule has 0 radical (unpaired) electrons. The Morgan fingerprint density at radius 1 is 1.09 bits per heavy atom. The lowest BCUT2D eigenvalue weighted by Gasteiger charge is -2.22. The highest BCUT2D eigenvalue weighted by atomic mass is 32.1. The largest absolute Gasteiger partial charge is 0.377 e. The minimum absolute atomic E-state index is 0.00363. The molecule has 4 unspecified atom stereocenters. The van der Waals surface area contributed by atoms with Crippen molar-refractivity contribution in [1.29, 1.82) is 0 Å². The van der Waals surface area contributed by atoms with Crippen molar-refractivity contribution in [2.75, 3.05) is 32.2 Å². The second kappa shape index (κ2) is 13.1. The van der Waals surface area contributed by atoms with Crippen LogP contribution in [0, 0.1) is 0 Å². The minimum atomic E-state index is -0.0186. The number of amides is 1. The highest BCUT2D eigenvalue weighted by Gasteiger charge is 2.13. The van der Waals surface area contributed by atoms with Gasteiger partial charge in [0, 0.05) is 18.5 Å². The van der Waals surface area contributed by atoms with Gasteiger partial charge in [-0.25, -0.2) is 0 Å². The molecule has 0 rings (SSSR count). The predicted octanol–water partition coefficient (Wildman–Crippen LogP) is 0.985. The highest BCUT2D eigenvalue weighted by molar-refractivity contribution is 7.80. The molecule has 22 heavy (non-hydrogen) atoms. The molecule has 0 saturated carbocycles. The van der Waals surface area contributed by atoms with Crippen LogP contribution in [-0.2, 0) is 19.0 Å². The normalized spacial score (nSPS) is 16.8. The van der Waals surface area contributed by atoms with Crippen LogP contribution in [0.5, 0.6) is 0 Å². The van der Waals surface area contributed by atoms with Crippen LogP contribution in [0.2, 0.25) is 0 Å². The number of hydrogen-bond acceptors (Lipinski definition) is 6. The van der Waals surface area contributed by atoms with Crippen LogP contribution in [0.4, 0.5) is 0 Å². The van der Waals surface area contributed by atoms with Crippen molar-refractivity contribution in [3.63, 3.8) is 0 Å². The fourth-order valence-electron chi connectivity index (χ4n) is 1.62. The van der Waals surface area contributed by atoms with E-state index in [1.54, 1.807) is 0 Å². The molecule has 0 spiro atoms. The van der Waals surface area contributed by atoms with Gasteiger partial charge < -0.3 is 25.3 Å². The van der Waals surface area contributed by atoms with Crippen molar-refractivity contribution in [2.45, 2.75) is 58.4 Å². The van der Waals surface area contributed by atoms with E-state index < -0.39 is 0 Å². The van der Waals surface area contributed by atoms with Crippen LogP contribution in [0.1, 0.15) is 34.1 Å². The first-order valence-corrected chi connectivity index (χ1v) is 8.46. The Hall–Kier alpha value is -0.340. The Kier molecular flexibility index (Phi) is 12.9. The van der Waals surface area contributed by atoms with E-state index in [2.05, 4.69) is 17.9 Å². The number of hydrogen-bond donors (Lipinski definition) is 3. The number of ether oxygens (including phenoxy) is 3. The Balaban J connectivity index is 3.61. The summed E-state index contributed by atoms with van der Waals surface area (Å²) < 4.78 is 16.7. The summed E-state index contributed by atoms with van der Waals surface area (Å²) >= 11 is 4.02. The average molecular weight is 336 g/mol. The maximum absolute atomic E-state index is 11.4. The summed E-state index contributed by atoms with van der Waals surface area (Å²) in [5.41, 5.74) is 5.64. The first-order chi connectivity index (χ1) is 10.4. The van der Waals surface area contributed by atoms with E-state index in [0.717, 1.165) is 0 Å². The van der Waals surface area contributed by atoms with E-state index in [1.807, 2.05) is 27.7 Å². The lowest BCUT2D eigenvalue weighted by Crippen LogP contribution is -2.36. The summed E-state index contributed by atoms with van der Waals surface area (Å²) in [4.78, 5) is 11.4. The second-order valence-corrected chi connectivity index (χ2v) is 6.06. The molecule has 7 heteroatoms. The van der Waals surface area contributed by atoms with E-state index in [-0.39, 0.29) is 30.2 Å². The van der Waals surface area contributed by atoms with Gasteiger partial charge in [0.05, 0.1) is 38.6 Å². The van der Waals surface area contributed by atoms with Gasteiger partial charge in [0.25, 0.3) is 0 Å². The van der Waals surface area contributed by atoms with Gasteiger partial charge >= 0.3 is 0 Å². The third kappa shape index (κ3) is 12.2. The molecule has 0 aliphatic carbocycles. The van der Waals surface area contributed by atoms with Crippen molar-refractivity contribution in [3.8, 4) is 0 Å². The highest BCUT2D eigenvalue weighted by Crippen LogP contribution is 2.03. The van der Waals surface area contributed by atoms with Crippen LogP contribution in [-0.4, -0.2) is 62.4 Å². The lowest BCUT2D eigenvalue weighted by molar-refractivity contribution is -0.121. The molecule has 6 nitrogen and oxygen atoms in total. The maximum atomic E-state index is 11.4. The fraction of sp³-hybridized carbons (Fsp3) is 0.933. The molecule has 0 saturated heterocycles.